The van der Waals surface area contributed by atoms with Crippen LogP contribution in [0.1, 0.15) is 65.1 Å². The van der Waals surface area contributed by atoms with Crippen molar-refractivity contribution in [2.75, 3.05) is 24.6 Å². The van der Waals surface area contributed by atoms with Crippen LogP contribution in [0.15, 0.2) is 6.20 Å². The lowest BCUT2D eigenvalue weighted by atomic mass is 9.82. The number of carbonyl (C=O) groups is 1. The third-order valence-electron chi connectivity index (χ3n) is 6.93. The SMILES string of the molecule is Cc1c(C(C)(C)CCO)nc(N2CC3CCC(C2)N3C(=O)OC(C)(C)C)c2cnc(Cl)c(F)c12. The van der Waals surface area contributed by atoms with Crippen LogP contribution in [-0.2, 0) is 10.2 Å². The fourth-order valence-electron chi connectivity index (χ4n) is 5.35. The maximum absolute atomic E-state index is 15.3. The van der Waals surface area contributed by atoms with Crippen LogP contribution in [0.5, 0.6) is 0 Å². The van der Waals surface area contributed by atoms with E-state index in [1.807, 2.05) is 46.4 Å². The Balaban J connectivity index is 1.78. The van der Waals surface area contributed by atoms with Crippen molar-refractivity contribution in [3.8, 4) is 0 Å². The highest BCUT2D eigenvalue weighted by Gasteiger charge is 2.45. The van der Waals surface area contributed by atoms with Crippen LogP contribution < -0.4 is 4.90 Å². The molecule has 0 saturated carbocycles. The van der Waals surface area contributed by atoms with Gasteiger partial charge >= 0.3 is 6.09 Å². The second-order valence-electron chi connectivity index (χ2n) is 11.1. The highest BCUT2D eigenvalue weighted by molar-refractivity contribution is 6.30. The molecule has 9 heteroatoms. The molecule has 1 N–H and O–H groups in total. The van der Waals surface area contributed by atoms with Crippen LogP contribution >= 0.6 is 11.6 Å². The number of rotatable bonds is 4. The molecule has 34 heavy (non-hydrogen) atoms. The molecule has 4 rings (SSSR count). The summed E-state index contributed by atoms with van der Waals surface area (Å²) in [6.45, 7) is 12.6. The lowest BCUT2D eigenvalue weighted by molar-refractivity contribution is 0.0123. The average molecular weight is 493 g/mol. The van der Waals surface area contributed by atoms with Crippen molar-refractivity contribution in [3.63, 3.8) is 0 Å². The predicted octanol–water partition coefficient (Wildman–Crippen LogP) is 4.98. The second-order valence-corrected chi connectivity index (χ2v) is 11.5. The fraction of sp³-hybridized carbons (Fsp3) is 0.640. The summed E-state index contributed by atoms with van der Waals surface area (Å²) in [7, 11) is 0. The number of nitrogens with zero attached hydrogens (tertiary/aromatic N) is 4. The Kier molecular flexibility index (Phi) is 6.44. The van der Waals surface area contributed by atoms with Gasteiger partial charge in [0.15, 0.2) is 11.0 Å². The van der Waals surface area contributed by atoms with E-state index in [2.05, 4.69) is 9.88 Å². The van der Waals surface area contributed by atoms with Crippen LogP contribution in [-0.4, -0.2) is 63.4 Å². The Hall–Kier alpha value is -2.19. The van der Waals surface area contributed by atoms with Crippen LogP contribution in [0.4, 0.5) is 15.0 Å². The van der Waals surface area contributed by atoms with E-state index in [1.54, 1.807) is 6.20 Å². The molecule has 4 heterocycles. The molecule has 0 spiro atoms. The Labute approximate surface area is 205 Å². The number of aliphatic hydroxyl groups is 1. The number of pyridine rings is 2. The van der Waals surface area contributed by atoms with Gasteiger partial charge in [-0.1, -0.05) is 25.4 Å². The van der Waals surface area contributed by atoms with Gasteiger partial charge in [-0.25, -0.2) is 19.2 Å². The fourth-order valence-corrected chi connectivity index (χ4v) is 5.50. The summed E-state index contributed by atoms with van der Waals surface area (Å²) >= 11 is 6.07. The third-order valence-corrected chi connectivity index (χ3v) is 7.19. The normalized spacial score (nSPS) is 20.9. The van der Waals surface area contributed by atoms with Crippen molar-refractivity contribution in [3.05, 3.63) is 28.4 Å². The number of anilines is 1. The maximum atomic E-state index is 15.3. The summed E-state index contributed by atoms with van der Waals surface area (Å²) in [6, 6.07) is -0.0171. The van der Waals surface area contributed by atoms with E-state index in [9.17, 15) is 9.90 Å². The Morgan fingerprint density at radius 1 is 1.24 bits per heavy atom. The van der Waals surface area contributed by atoms with Gasteiger partial charge in [0, 0.05) is 42.1 Å². The summed E-state index contributed by atoms with van der Waals surface area (Å²) in [5.41, 5.74) is 0.403. The summed E-state index contributed by atoms with van der Waals surface area (Å²) in [5, 5.41) is 10.5. The second kappa shape index (κ2) is 8.79. The minimum absolute atomic E-state index is 0.000213. The van der Waals surface area contributed by atoms with E-state index in [0.717, 1.165) is 18.5 Å². The van der Waals surface area contributed by atoms with Crippen LogP contribution in [0, 0.1) is 12.7 Å². The molecule has 0 radical (unpaired) electrons. The first-order valence-electron chi connectivity index (χ1n) is 11.9. The van der Waals surface area contributed by atoms with Crippen molar-refractivity contribution in [2.24, 2.45) is 0 Å². The molecular formula is C25H34ClFN4O3. The number of aryl methyl sites for hydroxylation is 1. The summed E-state index contributed by atoms with van der Waals surface area (Å²) < 4.78 is 21.0. The quantitative estimate of drug-likeness (QED) is 0.606. The lowest BCUT2D eigenvalue weighted by Gasteiger charge is -2.42. The first kappa shape index (κ1) is 24.9. The number of hydrogen-bond donors (Lipinski definition) is 1. The van der Waals surface area contributed by atoms with Crippen molar-refractivity contribution in [2.45, 2.75) is 83.9 Å². The Morgan fingerprint density at radius 2 is 1.85 bits per heavy atom. The molecule has 186 valence electrons. The zero-order valence-corrected chi connectivity index (χ0v) is 21.5. The highest BCUT2D eigenvalue weighted by atomic mass is 35.5. The molecule has 2 aliphatic heterocycles. The smallest absolute Gasteiger partial charge is 0.410 e. The van der Waals surface area contributed by atoms with Gasteiger partial charge < -0.3 is 14.7 Å². The third kappa shape index (κ3) is 4.42. The average Bonchev–Trinajstić information content (AvgIpc) is 2.99. The van der Waals surface area contributed by atoms with E-state index >= 15 is 4.39 Å². The van der Waals surface area contributed by atoms with Gasteiger partial charge in [-0.15, -0.1) is 0 Å². The van der Waals surface area contributed by atoms with Crippen molar-refractivity contribution in [1.29, 1.82) is 0 Å². The maximum Gasteiger partial charge on any atom is 0.410 e. The van der Waals surface area contributed by atoms with Gasteiger partial charge in [0.2, 0.25) is 0 Å². The van der Waals surface area contributed by atoms with E-state index in [1.165, 1.54) is 0 Å². The number of piperazine rings is 1. The molecule has 2 unspecified atom stereocenters. The van der Waals surface area contributed by atoms with Crippen LogP contribution in [0.25, 0.3) is 10.8 Å². The van der Waals surface area contributed by atoms with Gasteiger partial charge in [-0.3, -0.25) is 4.90 Å². The van der Waals surface area contributed by atoms with Gasteiger partial charge in [-0.05, 0) is 52.5 Å². The Morgan fingerprint density at radius 3 is 2.41 bits per heavy atom. The largest absolute Gasteiger partial charge is 0.444 e. The molecular weight excluding hydrogens is 459 g/mol. The number of ether oxygens (including phenoxy) is 1. The lowest BCUT2D eigenvalue weighted by Crippen LogP contribution is -2.57. The summed E-state index contributed by atoms with van der Waals surface area (Å²) in [5.74, 6) is 0.0853. The van der Waals surface area contributed by atoms with E-state index in [0.29, 0.717) is 41.7 Å². The van der Waals surface area contributed by atoms with Crippen molar-refractivity contribution >= 4 is 34.3 Å². The first-order valence-corrected chi connectivity index (χ1v) is 12.2. The number of fused-ring (bicyclic) bond motifs is 3. The molecule has 2 aromatic heterocycles. The number of amides is 1. The van der Waals surface area contributed by atoms with Crippen LogP contribution in [0.2, 0.25) is 5.15 Å². The molecule has 2 atom stereocenters. The number of aromatic nitrogens is 2. The standard InChI is InChI=1S/C25H34ClFN4O3/c1-14-18-17(11-28-21(26)19(18)27)22(29-20(14)25(5,6)9-10-32)30-12-15-7-8-16(13-30)31(15)23(33)34-24(2,3)4/h11,15-16,32H,7-10,12-13H2,1-6H3. The molecule has 1 amide bonds. The Bertz CT molecular complexity index is 1100. The molecule has 2 aliphatic rings. The van der Waals surface area contributed by atoms with Crippen molar-refractivity contribution in [1.82, 2.24) is 14.9 Å². The molecule has 2 fully saturated rings. The van der Waals surface area contributed by atoms with Crippen molar-refractivity contribution < 1.29 is 19.0 Å². The zero-order valence-electron chi connectivity index (χ0n) is 20.8. The summed E-state index contributed by atoms with van der Waals surface area (Å²) in [4.78, 5) is 26.0. The molecule has 7 nitrogen and oxygen atoms in total. The van der Waals surface area contributed by atoms with E-state index < -0.39 is 16.8 Å². The monoisotopic (exact) mass is 492 g/mol. The van der Waals surface area contributed by atoms with Crippen LogP contribution in [0.3, 0.4) is 0 Å². The van der Waals surface area contributed by atoms with E-state index in [4.69, 9.17) is 21.3 Å². The predicted molar refractivity (Wildman–Crippen MR) is 131 cm³/mol. The minimum Gasteiger partial charge on any atom is -0.444 e. The molecule has 0 aromatic carbocycles. The van der Waals surface area contributed by atoms with Gasteiger partial charge in [0.1, 0.15) is 11.4 Å². The van der Waals surface area contributed by atoms with Gasteiger partial charge in [0.25, 0.3) is 0 Å². The number of aliphatic hydroxyl groups excluding tert-OH is 1. The number of hydrogen-bond acceptors (Lipinski definition) is 6. The molecule has 2 saturated heterocycles. The van der Waals surface area contributed by atoms with Gasteiger partial charge in [0.05, 0.1) is 17.8 Å². The number of carbonyl (C=O) groups excluding carboxylic acids is 1. The molecule has 2 aromatic rings. The summed E-state index contributed by atoms with van der Waals surface area (Å²) in [6.07, 6.45) is 3.55. The first-order chi connectivity index (χ1) is 15.8. The minimum atomic E-state index is -0.559. The molecule has 2 bridgehead atoms. The topological polar surface area (TPSA) is 78.8 Å². The highest BCUT2D eigenvalue weighted by Crippen LogP contribution is 2.41. The number of halogens is 2. The van der Waals surface area contributed by atoms with E-state index in [-0.39, 0.29) is 29.9 Å². The zero-order chi connectivity index (χ0) is 25.0. The molecule has 0 aliphatic carbocycles. The van der Waals surface area contributed by atoms with Gasteiger partial charge in [-0.2, -0.15) is 0 Å².